The number of aliphatic carboxylic acids is 1. The fourth-order valence-corrected chi connectivity index (χ4v) is 1.73. The molecular weight excluding hydrogens is 344 g/mol. The SMILES string of the molecule is CCOC(=O)CC[C@H](NC(=O)c1ccc(Br)cn1)C(=O)O. The van der Waals surface area contributed by atoms with Gasteiger partial charge in [-0.15, -0.1) is 0 Å². The van der Waals surface area contributed by atoms with Crippen LogP contribution in [0.4, 0.5) is 0 Å². The van der Waals surface area contributed by atoms with E-state index in [1.165, 1.54) is 12.3 Å². The molecule has 0 aliphatic rings. The van der Waals surface area contributed by atoms with Gasteiger partial charge in [0.05, 0.1) is 6.61 Å². The molecule has 0 bridgehead atoms. The van der Waals surface area contributed by atoms with Gasteiger partial charge < -0.3 is 15.2 Å². The summed E-state index contributed by atoms with van der Waals surface area (Å²) in [6.45, 7) is 1.89. The van der Waals surface area contributed by atoms with Gasteiger partial charge in [0.1, 0.15) is 11.7 Å². The maximum atomic E-state index is 11.9. The molecule has 0 radical (unpaired) electrons. The van der Waals surface area contributed by atoms with E-state index in [0.29, 0.717) is 4.47 Å². The Morgan fingerprint density at radius 2 is 2.14 bits per heavy atom. The summed E-state index contributed by atoms with van der Waals surface area (Å²) in [7, 11) is 0. The van der Waals surface area contributed by atoms with Crippen LogP contribution in [0.15, 0.2) is 22.8 Å². The first-order valence-corrected chi connectivity index (χ1v) is 7.04. The quantitative estimate of drug-likeness (QED) is 0.713. The van der Waals surface area contributed by atoms with Gasteiger partial charge in [-0.25, -0.2) is 9.78 Å². The second kappa shape index (κ2) is 8.35. The van der Waals surface area contributed by atoms with Crippen molar-refractivity contribution in [1.82, 2.24) is 10.3 Å². The molecule has 1 heterocycles. The predicted molar refractivity (Wildman–Crippen MR) is 76.7 cm³/mol. The highest BCUT2D eigenvalue weighted by molar-refractivity contribution is 9.10. The van der Waals surface area contributed by atoms with Crippen LogP contribution in [-0.4, -0.2) is 40.6 Å². The summed E-state index contributed by atoms with van der Waals surface area (Å²) in [4.78, 5) is 38.1. The largest absolute Gasteiger partial charge is 0.480 e. The van der Waals surface area contributed by atoms with Gasteiger partial charge in [0, 0.05) is 17.1 Å². The van der Waals surface area contributed by atoms with Gasteiger partial charge in [-0.3, -0.25) is 9.59 Å². The van der Waals surface area contributed by atoms with Crippen LogP contribution in [0.5, 0.6) is 0 Å². The number of amides is 1. The molecule has 7 nitrogen and oxygen atoms in total. The molecule has 0 aromatic carbocycles. The molecule has 8 heteroatoms. The summed E-state index contributed by atoms with van der Waals surface area (Å²) in [5.74, 6) is -2.33. The highest BCUT2D eigenvalue weighted by Gasteiger charge is 2.22. The maximum absolute atomic E-state index is 11.9. The van der Waals surface area contributed by atoms with Crippen LogP contribution in [0.3, 0.4) is 0 Å². The van der Waals surface area contributed by atoms with Gasteiger partial charge in [-0.05, 0) is 41.4 Å². The van der Waals surface area contributed by atoms with E-state index >= 15 is 0 Å². The van der Waals surface area contributed by atoms with Crippen LogP contribution in [0, 0.1) is 0 Å². The summed E-state index contributed by atoms with van der Waals surface area (Å²) in [5.41, 5.74) is 0.0978. The number of halogens is 1. The Labute approximate surface area is 129 Å². The predicted octanol–water partition coefficient (Wildman–Crippen LogP) is 1.37. The second-order valence-corrected chi connectivity index (χ2v) is 4.99. The molecule has 0 aliphatic carbocycles. The number of ether oxygens (including phenoxy) is 1. The Morgan fingerprint density at radius 3 is 2.67 bits per heavy atom. The molecule has 0 saturated heterocycles. The van der Waals surface area contributed by atoms with E-state index in [4.69, 9.17) is 9.84 Å². The lowest BCUT2D eigenvalue weighted by Crippen LogP contribution is -2.41. The van der Waals surface area contributed by atoms with Crippen LogP contribution in [0.2, 0.25) is 0 Å². The van der Waals surface area contributed by atoms with Crippen molar-refractivity contribution >= 4 is 33.8 Å². The van der Waals surface area contributed by atoms with Crippen LogP contribution in [0.25, 0.3) is 0 Å². The number of carboxylic acids is 1. The van der Waals surface area contributed by atoms with Crippen molar-refractivity contribution in [2.75, 3.05) is 6.61 Å². The topological polar surface area (TPSA) is 106 Å². The fraction of sp³-hybridized carbons (Fsp3) is 0.385. The average molecular weight is 359 g/mol. The zero-order valence-electron chi connectivity index (χ0n) is 11.3. The van der Waals surface area contributed by atoms with E-state index in [1.807, 2.05) is 0 Å². The maximum Gasteiger partial charge on any atom is 0.326 e. The molecular formula is C13H15BrN2O5. The van der Waals surface area contributed by atoms with Gasteiger partial charge in [-0.1, -0.05) is 0 Å². The van der Waals surface area contributed by atoms with Crippen molar-refractivity contribution in [2.45, 2.75) is 25.8 Å². The number of aromatic nitrogens is 1. The molecule has 1 aromatic rings. The number of esters is 1. The molecule has 0 fully saturated rings. The molecule has 1 atom stereocenters. The Balaban J connectivity index is 2.61. The van der Waals surface area contributed by atoms with Crippen molar-refractivity contribution in [3.63, 3.8) is 0 Å². The summed E-state index contributed by atoms with van der Waals surface area (Å²) < 4.78 is 5.42. The first kappa shape index (κ1) is 17.1. The van der Waals surface area contributed by atoms with Gasteiger partial charge in [0.25, 0.3) is 5.91 Å². The lowest BCUT2D eigenvalue weighted by atomic mass is 10.1. The highest BCUT2D eigenvalue weighted by Crippen LogP contribution is 2.08. The monoisotopic (exact) mass is 358 g/mol. The molecule has 1 amide bonds. The smallest absolute Gasteiger partial charge is 0.326 e. The summed E-state index contributed by atoms with van der Waals surface area (Å²) in [6.07, 6.45) is 1.30. The summed E-state index contributed by atoms with van der Waals surface area (Å²) >= 11 is 3.18. The Bertz CT molecular complexity index is 518. The van der Waals surface area contributed by atoms with Crippen LogP contribution < -0.4 is 5.32 Å². The number of carbonyl (C=O) groups is 3. The van der Waals surface area contributed by atoms with Crippen LogP contribution in [0.1, 0.15) is 30.3 Å². The number of rotatable bonds is 7. The average Bonchev–Trinajstić information content (AvgIpc) is 2.43. The minimum Gasteiger partial charge on any atom is -0.480 e. The zero-order valence-corrected chi connectivity index (χ0v) is 12.9. The molecule has 0 unspecified atom stereocenters. The second-order valence-electron chi connectivity index (χ2n) is 4.07. The van der Waals surface area contributed by atoms with Crippen molar-refractivity contribution in [2.24, 2.45) is 0 Å². The van der Waals surface area contributed by atoms with Gasteiger partial charge in [-0.2, -0.15) is 0 Å². The lowest BCUT2D eigenvalue weighted by molar-refractivity contribution is -0.144. The van der Waals surface area contributed by atoms with Gasteiger partial charge in [0.2, 0.25) is 0 Å². The Kier molecular flexibility index (Phi) is 6.80. The standard InChI is InChI=1S/C13H15BrN2O5/c1-2-21-11(17)6-5-10(13(19)20)16-12(18)9-4-3-8(14)7-15-9/h3-4,7,10H,2,5-6H2,1H3,(H,16,18)(H,19,20)/t10-/m0/s1. The number of pyridine rings is 1. The molecule has 0 saturated carbocycles. The van der Waals surface area contributed by atoms with Gasteiger partial charge >= 0.3 is 11.9 Å². The molecule has 0 spiro atoms. The van der Waals surface area contributed by atoms with Crippen LogP contribution >= 0.6 is 15.9 Å². The summed E-state index contributed by atoms with van der Waals surface area (Å²) in [5, 5.41) is 11.4. The molecule has 114 valence electrons. The third kappa shape index (κ3) is 5.90. The molecule has 1 aromatic heterocycles. The first-order chi connectivity index (χ1) is 9.93. The number of nitrogens with zero attached hydrogens (tertiary/aromatic N) is 1. The third-order valence-corrected chi connectivity index (χ3v) is 2.97. The van der Waals surface area contributed by atoms with E-state index in [2.05, 4.69) is 26.2 Å². The number of hydrogen-bond donors (Lipinski definition) is 2. The van der Waals surface area contributed by atoms with Crippen molar-refractivity contribution in [3.05, 3.63) is 28.5 Å². The first-order valence-electron chi connectivity index (χ1n) is 6.25. The number of carboxylic acid groups (broad SMARTS) is 1. The number of carbonyl (C=O) groups excluding carboxylic acids is 2. The van der Waals surface area contributed by atoms with E-state index < -0.39 is 23.9 Å². The molecule has 1 rings (SSSR count). The minimum atomic E-state index is -1.22. The van der Waals surface area contributed by atoms with E-state index in [9.17, 15) is 14.4 Å². The molecule has 21 heavy (non-hydrogen) atoms. The Morgan fingerprint density at radius 1 is 1.43 bits per heavy atom. The molecule has 0 aliphatic heterocycles. The van der Waals surface area contributed by atoms with Crippen molar-refractivity contribution in [3.8, 4) is 0 Å². The van der Waals surface area contributed by atoms with Crippen molar-refractivity contribution < 1.29 is 24.2 Å². The third-order valence-electron chi connectivity index (χ3n) is 2.51. The number of hydrogen-bond acceptors (Lipinski definition) is 5. The fourth-order valence-electron chi connectivity index (χ4n) is 1.50. The van der Waals surface area contributed by atoms with Crippen LogP contribution in [-0.2, 0) is 14.3 Å². The molecule has 2 N–H and O–H groups in total. The summed E-state index contributed by atoms with van der Waals surface area (Å²) in [6, 6.07) is 1.91. The minimum absolute atomic E-state index is 0.0452. The normalized spacial score (nSPS) is 11.5. The van der Waals surface area contributed by atoms with E-state index in [1.54, 1.807) is 13.0 Å². The van der Waals surface area contributed by atoms with E-state index in [0.717, 1.165) is 0 Å². The zero-order chi connectivity index (χ0) is 15.8. The lowest BCUT2D eigenvalue weighted by Gasteiger charge is -2.13. The van der Waals surface area contributed by atoms with Crippen molar-refractivity contribution in [1.29, 1.82) is 0 Å². The van der Waals surface area contributed by atoms with Gasteiger partial charge in [0.15, 0.2) is 0 Å². The highest BCUT2D eigenvalue weighted by atomic mass is 79.9. The van der Waals surface area contributed by atoms with E-state index in [-0.39, 0.29) is 25.1 Å². The Hall–Kier alpha value is -1.96. The number of nitrogens with one attached hydrogen (secondary N) is 1.